The Bertz CT molecular complexity index is 875. The zero-order valence-electron chi connectivity index (χ0n) is 16.6. The van der Waals surface area contributed by atoms with Crippen LogP contribution in [0.15, 0.2) is 30.4 Å². The summed E-state index contributed by atoms with van der Waals surface area (Å²) in [5, 5.41) is 0. The molecule has 9 heteroatoms. The maximum Gasteiger partial charge on any atom is 0.338 e. The molecule has 0 spiro atoms. The molecule has 0 radical (unpaired) electrons. The molecule has 0 aromatic heterocycles. The van der Waals surface area contributed by atoms with E-state index in [2.05, 4.69) is 9.47 Å². The van der Waals surface area contributed by atoms with Gasteiger partial charge < -0.3 is 14.2 Å². The predicted molar refractivity (Wildman–Crippen MR) is 101 cm³/mol. The van der Waals surface area contributed by atoms with Crippen molar-refractivity contribution in [3.8, 4) is 5.75 Å². The fraction of sp³-hybridized carbons (Fsp3) is 0.381. The van der Waals surface area contributed by atoms with E-state index in [1.807, 2.05) is 12.2 Å². The number of amides is 2. The highest BCUT2D eigenvalue weighted by molar-refractivity contribution is 6.05. The first-order chi connectivity index (χ1) is 14.3. The summed E-state index contributed by atoms with van der Waals surface area (Å²) in [5.74, 6) is -3.49. The molecule has 1 heterocycles. The number of rotatable bonds is 6. The Kier molecular flexibility index (Phi) is 6.29. The van der Waals surface area contributed by atoms with Gasteiger partial charge in [-0.1, -0.05) is 12.2 Å². The largest absolute Gasteiger partial charge is 0.465 e. The molecule has 1 aliphatic heterocycles. The quantitative estimate of drug-likeness (QED) is 0.297. The zero-order chi connectivity index (χ0) is 21.8. The SMILES string of the molecule is COC(=O)c1cc(OC(=O)CCN2C(=O)[C@H]3CC=CC[C@H]3C2=O)cc(C(=O)OC)c1. The average Bonchev–Trinajstić information content (AvgIpc) is 3.00. The van der Waals surface area contributed by atoms with Crippen molar-refractivity contribution in [3.05, 3.63) is 41.5 Å². The summed E-state index contributed by atoms with van der Waals surface area (Å²) in [7, 11) is 2.35. The van der Waals surface area contributed by atoms with E-state index in [9.17, 15) is 24.0 Å². The number of esters is 3. The lowest BCUT2D eigenvalue weighted by Crippen LogP contribution is -2.33. The van der Waals surface area contributed by atoms with Gasteiger partial charge in [-0.05, 0) is 31.0 Å². The zero-order valence-corrected chi connectivity index (χ0v) is 16.6. The highest BCUT2D eigenvalue weighted by Crippen LogP contribution is 2.35. The number of hydrogen-bond acceptors (Lipinski definition) is 8. The molecule has 0 N–H and O–H groups in total. The van der Waals surface area contributed by atoms with E-state index in [0.29, 0.717) is 12.8 Å². The maximum atomic E-state index is 12.4. The molecule has 1 fully saturated rings. The first kappa shape index (κ1) is 21.2. The van der Waals surface area contributed by atoms with Crippen molar-refractivity contribution in [2.45, 2.75) is 19.3 Å². The summed E-state index contributed by atoms with van der Waals surface area (Å²) in [6.07, 6.45) is 4.59. The van der Waals surface area contributed by atoms with E-state index >= 15 is 0 Å². The van der Waals surface area contributed by atoms with Crippen molar-refractivity contribution in [1.29, 1.82) is 0 Å². The third-order valence-electron chi connectivity index (χ3n) is 5.12. The number of carbonyl (C=O) groups excluding carboxylic acids is 5. The molecule has 0 bridgehead atoms. The molecule has 158 valence electrons. The van der Waals surface area contributed by atoms with Gasteiger partial charge in [-0.25, -0.2) is 9.59 Å². The molecule has 9 nitrogen and oxygen atoms in total. The monoisotopic (exact) mass is 415 g/mol. The second-order valence-electron chi connectivity index (χ2n) is 6.94. The highest BCUT2D eigenvalue weighted by Gasteiger charge is 2.46. The van der Waals surface area contributed by atoms with E-state index in [1.165, 1.54) is 32.4 Å². The lowest BCUT2D eigenvalue weighted by Gasteiger charge is -2.14. The number of ether oxygens (including phenoxy) is 3. The van der Waals surface area contributed by atoms with Crippen LogP contribution in [-0.2, 0) is 23.9 Å². The van der Waals surface area contributed by atoms with Gasteiger partial charge in [-0.2, -0.15) is 0 Å². The van der Waals surface area contributed by atoms with Gasteiger partial charge >= 0.3 is 17.9 Å². The molecule has 1 aromatic rings. The van der Waals surface area contributed by atoms with E-state index in [-0.39, 0.29) is 53.5 Å². The van der Waals surface area contributed by atoms with Gasteiger partial charge in [0.15, 0.2) is 0 Å². The second kappa shape index (κ2) is 8.89. The predicted octanol–water partition coefficient (Wildman–Crippen LogP) is 1.51. The van der Waals surface area contributed by atoms with E-state index in [4.69, 9.17) is 4.74 Å². The van der Waals surface area contributed by atoms with Gasteiger partial charge in [-0.15, -0.1) is 0 Å². The molecular weight excluding hydrogens is 394 g/mol. The number of hydrogen-bond donors (Lipinski definition) is 0. The number of fused-ring (bicyclic) bond motifs is 1. The van der Waals surface area contributed by atoms with Gasteiger partial charge in [0.2, 0.25) is 11.8 Å². The lowest BCUT2D eigenvalue weighted by molar-refractivity contribution is -0.141. The summed E-state index contributed by atoms with van der Waals surface area (Å²) >= 11 is 0. The number of benzene rings is 1. The number of allylic oxidation sites excluding steroid dienone is 2. The van der Waals surface area contributed by atoms with E-state index in [0.717, 1.165) is 4.90 Å². The minimum atomic E-state index is -0.721. The molecule has 1 aliphatic carbocycles. The Hall–Kier alpha value is -3.49. The van der Waals surface area contributed by atoms with E-state index in [1.54, 1.807) is 0 Å². The van der Waals surface area contributed by atoms with Crippen LogP contribution < -0.4 is 4.74 Å². The maximum absolute atomic E-state index is 12.4. The summed E-state index contributed by atoms with van der Waals surface area (Å²) in [4.78, 5) is 61.9. The van der Waals surface area contributed by atoms with Crippen LogP contribution in [0.25, 0.3) is 0 Å². The van der Waals surface area contributed by atoms with Crippen molar-refractivity contribution in [3.63, 3.8) is 0 Å². The van der Waals surface area contributed by atoms with Gasteiger partial charge in [0.1, 0.15) is 5.75 Å². The number of likely N-dealkylation sites (tertiary alicyclic amines) is 1. The van der Waals surface area contributed by atoms with Crippen LogP contribution in [-0.4, -0.2) is 55.4 Å². The molecule has 30 heavy (non-hydrogen) atoms. The smallest absolute Gasteiger partial charge is 0.338 e. The van der Waals surface area contributed by atoms with E-state index < -0.39 is 17.9 Å². The Morgan fingerprint density at radius 3 is 1.87 bits per heavy atom. The van der Waals surface area contributed by atoms with Crippen LogP contribution in [0.1, 0.15) is 40.0 Å². The fourth-order valence-corrected chi connectivity index (χ4v) is 3.60. The fourth-order valence-electron chi connectivity index (χ4n) is 3.60. The first-order valence-electron chi connectivity index (χ1n) is 9.38. The van der Waals surface area contributed by atoms with Crippen molar-refractivity contribution in [1.82, 2.24) is 4.90 Å². The minimum absolute atomic E-state index is 0.00433. The second-order valence-corrected chi connectivity index (χ2v) is 6.94. The first-order valence-corrected chi connectivity index (χ1v) is 9.38. The van der Waals surface area contributed by atoms with Gasteiger partial charge in [0, 0.05) is 6.54 Å². The highest BCUT2D eigenvalue weighted by atomic mass is 16.5. The number of carbonyl (C=O) groups is 5. The Morgan fingerprint density at radius 1 is 0.900 bits per heavy atom. The minimum Gasteiger partial charge on any atom is -0.465 e. The van der Waals surface area contributed by atoms with Crippen LogP contribution in [0.5, 0.6) is 5.75 Å². The third-order valence-corrected chi connectivity index (χ3v) is 5.12. The Morgan fingerprint density at radius 2 is 1.40 bits per heavy atom. The normalized spacial score (nSPS) is 20.0. The summed E-state index contributed by atoms with van der Waals surface area (Å²) in [6, 6.07) is 3.76. The van der Waals surface area contributed by atoms with Gasteiger partial charge in [-0.3, -0.25) is 19.3 Å². The Balaban J connectivity index is 1.67. The summed E-state index contributed by atoms with van der Waals surface area (Å²) in [6.45, 7) is -0.0932. The van der Waals surface area contributed by atoms with Crippen LogP contribution in [0.3, 0.4) is 0 Å². The van der Waals surface area contributed by atoms with Crippen molar-refractivity contribution < 1.29 is 38.2 Å². The molecule has 3 rings (SSSR count). The summed E-state index contributed by atoms with van der Waals surface area (Å²) in [5.41, 5.74) is 0.00865. The van der Waals surface area contributed by atoms with Crippen LogP contribution in [0.2, 0.25) is 0 Å². The number of methoxy groups -OCH3 is 2. The van der Waals surface area contributed by atoms with Crippen LogP contribution in [0.4, 0.5) is 0 Å². The topological polar surface area (TPSA) is 116 Å². The number of imide groups is 1. The van der Waals surface area contributed by atoms with Gasteiger partial charge in [0.05, 0.1) is 43.6 Å². The molecule has 0 unspecified atom stereocenters. The molecule has 0 saturated carbocycles. The average molecular weight is 415 g/mol. The molecular formula is C21H21NO8. The van der Waals surface area contributed by atoms with Crippen molar-refractivity contribution >= 4 is 29.7 Å². The lowest BCUT2D eigenvalue weighted by atomic mass is 9.85. The Labute approximate surface area is 172 Å². The molecule has 1 saturated heterocycles. The number of nitrogens with zero attached hydrogens (tertiary/aromatic N) is 1. The third kappa shape index (κ3) is 4.24. The summed E-state index contributed by atoms with van der Waals surface area (Å²) < 4.78 is 14.5. The van der Waals surface area contributed by atoms with Crippen molar-refractivity contribution in [2.24, 2.45) is 11.8 Å². The van der Waals surface area contributed by atoms with Crippen LogP contribution in [0, 0.1) is 11.8 Å². The van der Waals surface area contributed by atoms with Gasteiger partial charge in [0.25, 0.3) is 0 Å². The van der Waals surface area contributed by atoms with Crippen LogP contribution >= 0.6 is 0 Å². The molecule has 2 aliphatic rings. The molecule has 1 aromatic carbocycles. The standard InChI is InChI=1S/C21H21NO8/c1-28-20(26)12-9-13(21(27)29-2)11-14(10-12)30-17(23)7-8-22-18(24)15-5-3-4-6-16(15)19(22)25/h3-4,9-11,15-16H,5-8H2,1-2H3/t15-,16+. The molecule has 2 atom stereocenters. The molecule has 2 amide bonds. The van der Waals surface area contributed by atoms with Crippen molar-refractivity contribution in [2.75, 3.05) is 20.8 Å².